The molecule has 0 aliphatic carbocycles. The van der Waals surface area contributed by atoms with Gasteiger partial charge >= 0.3 is 5.97 Å². The van der Waals surface area contributed by atoms with Crippen LogP contribution in [0.3, 0.4) is 0 Å². The van der Waals surface area contributed by atoms with E-state index in [1.165, 1.54) is 6.07 Å². The Bertz CT molecular complexity index is 437. The summed E-state index contributed by atoms with van der Waals surface area (Å²) < 4.78 is 5.10. The van der Waals surface area contributed by atoms with Gasteiger partial charge in [0.2, 0.25) is 0 Å². The van der Waals surface area contributed by atoms with Crippen LogP contribution in [-0.4, -0.2) is 41.3 Å². The Morgan fingerprint density at radius 2 is 2.17 bits per heavy atom. The SMILES string of the molecule is O=C(COc1cccc(Cl)c1)NC(CO)C(=O)O. The third-order valence-electron chi connectivity index (χ3n) is 1.98. The number of aliphatic hydroxyl groups excluding tert-OH is 1. The van der Waals surface area contributed by atoms with Gasteiger partial charge in [-0.1, -0.05) is 17.7 Å². The summed E-state index contributed by atoms with van der Waals surface area (Å²) in [7, 11) is 0. The summed E-state index contributed by atoms with van der Waals surface area (Å²) in [6.45, 7) is -1.04. The van der Waals surface area contributed by atoms with Crippen LogP contribution >= 0.6 is 11.6 Å². The molecule has 98 valence electrons. The number of ether oxygens (including phenoxy) is 1. The third-order valence-corrected chi connectivity index (χ3v) is 2.22. The van der Waals surface area contributed by atoms with Gasteiger partial charge in [0.15, 0.2) is 6.61 Å². The summed E-state index contributed by atoms with van der Waals surface area (Å²) in [6, 6.07) is 5.11. The Hall–Kier alpha value is -1.79. The Balaban J connectivity index is 2.44. The lowest BCUT2D eigenvalue weighted by molar-refractivity contribution is -0.143. The van der Waals surface area contributed by atoms with Crippen molar-refractivity contribution in [2.24, 2.45) is 0 Å². The van der Waals surface area contributed by atoms with E-state index in [2.05, 4.69) is 5.32 Å². The molecular weight excluding hydrogens is 262 g/mol. The van der Waals surface area contributed by atoms with Gasteiger partial charge in [-0.3, -0.25) is 4.79 Å². The van der Waals surface area contributed by atoms with Crippen molar-refractivity contribution < 1.29 is 24.5 Å². The van der Waals surface area contributed by atoms with Gasteiger partial charge in [0.05, 0.1) is 6.61 Å². The molecule has 0 fully saturated rings. The summed E-state index contributed by atoms with van der Waals surface area (Å²) >= 11 is 5.72. The highest BCUT2D eigenvalue weighted by Gasteiger charge is 2.18. The highest BCUT2D eigenvalue weighted by molar-refractivity contribution is 6.30. The van der Waals surface area contributed by atoms with E-state index in [1.54, 1.807) is 18.2 Å². The number of rotatable bonds is 6. The van der Waals surface area contributed by atoms with E-state index in [9.17, 15) is 9.59 Å². The van der Waals surface area contributed by atoms with Crippen molar-refractivity contribution in [3.63, 3.8) is 0 Å². The first-order valence-corrected chi connectivity index (χ1v) is 5.42. The minimum absolute atomic E-state index is 0.357. The first-order chi connectivity index (χ1) is 8.52. The van der Waals surface area contributed by atoms with Crippen LogP contribution in [0.25, 0.3) is 0 Å². The smallest absolute Gasteiger partial charge is 0.328 e. The van der Waals surface area contributed by atoms with Crippen LogP contribution in [-0.2, 0) is 9.59 Å². The van der Waals surface area contributed by atoms with Crippen LogP contribution in [0.15, 0.2) is 24.3 Å². The zero-order valence-electron chi connectivity index (χ0n) is 9.30. The van der Waals surface area contributed by atoms with E-state index in [0.29, 0.717) is 10.8 Å². The van der Waals surface area contributed by atoms with E-state index >= 15 is 0 Å². The number of aliphatic hydroxyl groups is 1. The summed E-state index contributed by atoms with van der Waals surface area (Å²) in [5, 5.41) is 19.9. The molecule has 0 spiro atoms. The number of amides is 1. The van der Waals surface area contributed by atoms with E-state index in [1.807, 2.05) is 0 Å². The second-order valence-corrected chi connectivity index (χ2v) is 3.82. The number of carboxylic acids is 1. The van der Waals surface area contributed by atoms with Gasteiger partial charge in [-0.05, 0) is 18.2 Å². The first-order valence-electron chi connectivity index (χ1n) is 5.04. The van der Waals surface area contributed by atoms with Crippen molar-refractivity contribution >= 4 is 23.5 Å². The molecule has 1 rings (SSSR count). The molecule has 1 unspecified atom stereocenters. The Morgan fingerprint density at radius 1 is 1.44 bits per heavy atom. The van der Waals surface area contributed by atoms with Crippen molar-refractivity contribution in [1.29, 1.82) is 0 Å². The van der Waals surface area contributed by atoms with Gasteiger partial charge in [0.1, 0.15) is 11.8 Å². The number of hydrogen-bond donors (Lipinski definition) is 3. The maximum absolute atomic E-state index is 11.3. The monoisotopic (exact) mass is 273 g/mol. The molecule has 1 amide bonds. The molecule has 1 aromatic rings. The molecule has 0 radical (unpaired) electrons. The molecule has 0 bridgehead atoms. The van der Waals surface area contributed by atoms with Crippen LogP contribution < -0.4 is 10.1 Å². The lowest BCUT2D eigenvalue weighted by Gasteiger charge is -2.12. The van der Waals surface area contributed by atoms with E-state index in [4.69, 9.17) is 26.6 Å². The van der Waals surface area contributed by atoms with Gasteiger partial charge in [0, 0.05) is 5.02 Å². The second-order valence-electron chi connectivity index (χ2n) is 3.39. The number of carbonyl (C=O) groups is 2. The average Bonchev–Trinajstić information content (AvgIpc) is 2.33. The minimum atomic E-state index is -1.33. The number of aliphatic carboxylic acids is 1. The molecule has 1 atom stereocenters. The summed E-state index contributed by atoms with van der Waals surface area (Å²) in [5.41, 5.74) is 0. The lowest BCUT2D eigenvalue weighted by Crippen LogP contribution is -2.45. The number of nitrogens with one attached hydrogen (secondary N) is 1. The van der Waals surface area contributed by atoms with E-state index in [-0.39, 0.29) is 6.61 Å². The Kier molecular flexibility index (Phi) is 5.41. The molecule has 0 heterocycles. The summed E-state index contributed by atoms with van der Waals surface area (Å²) in [6.07, 6.45) is 0. The van der Waals surface area contributed by atoms with Gasteiger partial charge < -0.3 is 20.3 Å². The molecule has 1 aromatic carbocycles. The molecule has 0 aromatic heterocycles. The molecule has 18 heavy (non-hydrogen) atoms. The second kappa shape index (κ2) is 6.83. The van der Waals surface area contributed by atoms with Gasteiger partial charge in [-0.25, -0.2) is 4.79 Å². The fourth-order valence-electron chi connectivity index (χ4n) is 1.13. The molecule has 0 saturated carbocycles. The number of benzene rings is 1. The van der Waals surface area contributed by atoms with Crippen LogP contribution in [0, 0.1) is 0 Å². The molecule has 6 nitrogen and oxygen atoms in total. The van der Waals surface area contributed by atoms with Crippen molar-refractivity contribution in [1.82, 2.24) is 5.32 Å². The topological polar surface area (TPSA) is 95.9 Å². The van der Waals surface area contributed by atoms with Crippen LogP contribution in [0.2, 0.25) is 5.02 Å². The summed E-state index contributed by atoms with van der Waals surface area (Å²) in [5.74, 6) is -1.56. The standard InChI is InChI=1S/C11H12ClNO5/c12-7-2-1-3-8(4-7)18-6-10(15)13-9(5-14)11(16)17/h1-4,9,14H,5-6H2,(H,13,15)(H,16,17). The number of halogens is 1. The Labute approximate surface area is 108 Å². The highest BCUT2D eigenvalue weighted by atomic mass is 35.5. The maximum Gasteiger partial charge on any atom is 0.328 e. The van der Waals surface area contributed by atoms with Crippen molar-refractivity contribution in [3.05, 3.63) is 29.3 Å². The number of carboxylic acid groups (broad SMARTS) is 1. The van der Waals surface area contributed by atoms with Crippen molar-refractivity contribution in [2.45, 2.75) is 6.04 Å². The van der Waals surface area contributed by atoms with E-state index < -0.39 is 24.5 Å². The largest absolute Gasteiger partial charge is 0.484 e. The fraction of sp³-hybridized carbons (Fsp3) is 0.273. The first kappa shape index (κ1) is 14.3. The third kappa shape index (κ3) is 4.60. The molecule has 0 aliphatic heterocycles. The quantitative estimate of drug-likeness (QED) is 0.692. The fourth-order valence-corrected chi connectivity index (χ4v) is 1.31. The van der Waals surface area contributed by atoms with Gasteiger partial charge in [0.25, 0.3) is 5.91 Å². The van der Waals surface area contributed by atoms with Crippen LogP contribution in [0.5, 0.6) is 5.75 Å². The maximum atomic E-state index is 11.3. The van der Waals surface area contributed by atoms with Crippen molar-refractivity contribution in [3.8, 4) is 5.75 Å². The number of hydrogen-bond acceptors (Lipinski definition) is 4. The highest BCUT2D eigenvalue weighted by Crippen LogP contribution is 2.16. The normalized spacial score (nSPS) is 11.7. The predicted octanol–water partition coefficient (Wildman–Crippen LogP) is 0.280. The zero-order chi connectivity index (χ0) is 13.5. The molecule has 0 aliphatic rings. The predicted molar refractivity (Wildman–Crippen MR) is 63.6 cm³/mol. The van der Waals surface area contributed by atoms with Crippen LogP contribution in [0.1, 0.15) is 0 Å². The molecule has 3 N–H and O–H groups in total. The summed E-state index contributed by atoms with van der Waals surface area (Å²) in [4.78, 5) is 21.9. The average molecular weight is 274 g/mol. The lowest BCUT2D eigenvalue weighted by atomic mass is 10.3. The minimum Gasteiger partial charge on any atom is -0.484 e. The molecule has 0 saturated heterocycles. The Morgan fingerprint density at radius 3 is 2.72 bits per heavy atom. The zero-order valence-corrected chi connectivity index (χ0v) is 10.1. The molecule has 7 heteroatoms. The number of carbonyl (C=O) groups excluding carboxylic acids is 1. The van der Waals surface area contributed by atoms with E-state index in [0.717, 1.165) is 0 Å². The molecular formula is C11H12ClNO5. The van der Waals surface area contributed by atoms with Gasteiger partial charge in [-0.15, -0.1) is 0 Å². The van der Waals surface area contributed by atoms with Gasteiger partial charge in [-0.2, -0.15) is 0 Å². The van der Waals surface area contributed by atoms with Crippen molar-refractivity contribution in [2.75, 3.05) is 13.2 Å². The van der Waals surface area contributed by atoms with Crippen LogP contribution in [0.4, 0.5) is 0 Å².